The van der Waals surface area contributed by atoms with Gasteiger partial charge in [0.1, 0.15) is 5.82 Å². The summed E-state index contributed by atoms with van der Waals surface area (Å²) in [5.41, 5.74) is 1.68. The molecule has 3 nitrogen and oxygen atoms in total. The number of nitrogens with zero attached hydrogens (tertiary/aromatic N) is 1. The fraction of sp³-hybridized carbons (Fsp3) is 0. The number of hydrogen-bond acceptors (Lipinski definition) is 1. The quantitative estimate of drug-likeness (QED) is 0.730. The average molecular weight is 279 g/mol. The maximum Gasteiger partial charge on any atom is 0.337 e. The summed E-state index contributed by atoms with van der Waals surface area (Å²) in [7, 11) is 0. The van der Waals surface area contributed by atoms with E-state index in [4.69, 9.17) is 6.42 Å². The first-order chi connectivity index (χ1) is 10.1. The molecule has 0 fully saturated rings. The summed E-state index contributed by atoms with van der Waals surface area (Å²) in [4.78, 5) is 11.4. The lowest BCUT2D eigenvalue weighted by Crippen LogP contribution is -2.07. The molecule has 21 heavy (non-hydrogen) atoms. The second-order valence-corrected chi connectivity index (χ2v) is 4.54. The number of para-hydroxylation sites is 1. The van der Waals surface area contributed by atoms with E-state index in [1.54, 1.807) is 35.0 Å². The predicted octanol–water partition coefficient (Wildman–Crippen LogP) is 3.45. The molecule has 0 aliphatic rings. The second-order valence-electron chi connectivity index (χ2n) is 4.54. The minimum absolute atomic E-state index is 0.104. The number of rotatable bonds is 2. The van der Waals surface area contributed by atoms with Gasteiger partial charge in [0.15, 0.2) is 0 Å². The second kappa shape index (κ2) is 4.80. The number of carbonyl (C=O) groups is 1. The van der Waals surface area contributed by atoms with E-state index in [9.17, 15) is 14.3 Å². The Balaban J connectivity index is 2.38. The monoisotopic (exact) mass is 279 g/mol. The molecule has 1 N–H and O–H groups in total. The molecule has 1 heterocycles. The smallest absolute Gasteiger partial charge is 0.337 e. The van der Waals surface area contributed by atoms with Gasteiger partial charge in [-0.3, -0.25) is 0 Å². The molecule has 102 valence electrons. The summed E-state index contributed by atoms with van der Waals surface area (Å²) in [6.07, 6.45) is 7.16. The van der Waals surface area contributed by atoms with Crippen molar-refractivity contribution in [2.45, 2.75) is 0 Å². The van der Waals surface area contributed by atoms with Gasteiger partial charge in [0.25, 0.3) is 0 Å². The Morgan fingerprint density at radius 2 is 2.05 bits per heavy atom. The summed E-state index contributed by atoms with van der Waals surface area (Å²) in [5.74, 6) is 1.09. The number of fused-ring (bicyclic) bond motifs is 1. The van der Waals surface area contributed by atoms with Gasteiger partial charge >= 0.3 is 5.97 Å². The largest absolute Gasteiger partial charge is 0.478 e. The Bertz CT molecular complexity index is 903. The van der Waals surface area contributed by atoms with Gasteiger partial charge in [-0.15, -0.1) is 6.42 Å². The molecule has 4 heteroatoms. The van der Waals surface area contributed by atoms with Crippen LogP contribution in [0.1, 0.15) is 15.9 Å². The third-order valence-electron chi connectivity index (χ3n) is 3.32. The molecule has 0 amide bonds. The third-order valence-corrected chi connectivity index (χ3v) is 3.32. The highest BCUT2D eigenvalue weighted by Gasteiger charge is 2.16. The van der Waals surface area contributed by atoms with Crippen molar-refractivity contribution in [3.05, 3.63) is 65.6 Å². The first kappa shape index (κ1) is 12.9. The molecule has 0 aliphatic carbocycles. The van der Waals surface area contributed by atoms with Crippen LogP contribution in [0.5, 0.6) is 0 Å². The lowest BCUT2D eigenvalue weighted by Gasteiger charge is -2.12. The fourth-order valence-corrected chi connectivity index (χ4v) is 2.40. The zero-order chi connectivity index (χ0) is 15.0. The van der Waals surface area contributed by atoms with Gasteiger partial charge in [-0.25, -0.2) is 9.18 Å². The van der Waals surface area contributed by atoms with Crippen molar-refractivity contribution < 1.29 is 14.3 Å². The number of aromatic nitrogens is 1. The van der Waals surface area contributed by atoms with E-state index in [1.165, 1.54) is 18.2 Å². The van der Waals surface area contributed by atoms with Crippen LogP contribution in [0.2, 0.25) is 0 Å². The highest BCUT2D eigenvalue weighted by Crippen LogP contribution is 2.26. The molecule has 0 spiro atoms. The van der Waals surface area contributed by atoms with Crippen LogP contribution in [-0.2, 0) is 0 Å². The standard InChI is InChI=1S/C17H10FNO2/c1-2-11-4-3-5-14(17(20)21)16(11)19-9-8-12-10-13(18)6-7-15(12)19/h1,3-10H,(H,20,21). The Hall–Kier alpha value is -3.06. The van der Waals surface area contributed by atoms with Crippen molar-refractivity contribution in [1.82, 2.24) is 4.57 Å². The van der Waals surface area contributed by atoms with E-state index in [1.807, 2.05) is 0 Å². The molecule has 0 radical (unpaired) electrons. The van der Waals surface area contributed by atoms with Gasteiger partial charge in [0.2, 0.25) is 0 Å². The van der Waals surface area contributed by atoms with Crippen LogP contribution < -0.4 is 0 Å². The van der Waals surface area contributed by atoms with Crippen LogP contribution in [0.15, 0.2) is 48.7 Å². The first-order valence-electron chi connectivity index (χ1n) is 6.21. The SMILES string of the molecule is C#Cc1cccc(C(=O)O)c1-n1ccc2cc(F)ccc21. The van der Waals surface area contributed by atoms with Crippen LogP contribution >= 0.6 is 0 Å². The van der Waals surface area contributed by atoms with Crippen LogP contribution in [0, 0.1) is 18.2 Å². The highest BCUT2D eigenvalue weighted by molar-refractivity contribution is 5.95. The zero-order valence-corrected chi connectivity index (χ0v) is 10.9. The summed E-state index contributed by atoms with van der Waals surface area (Å²) in [6.45, 7) is 0. The van der Waals surface area contributed by atoms with E-state index >= 15 is 0 Å². The molecule has 0 unspecified atom stereocenters. The molecular weight excluding hydrogens is 269 g/mol. The molecule has 0 saturated heterocycles. The van der Waals surface area contributed by atoms with Crippen molar-refractivity contribution in [2.75, 3.05) is 0 Å². The van der Waals surface area contributed by atoms with E-state index in [0.717, 1.165) is 0 Å². The minimum Gasteiger partial charge on any atom is -0.478 e. The Morgan fingerprint density at radius 1 is 1.24 bits per heavy atom. The topological polar surface area (TPSA) is 42.2 Å². The number of halogens is 1. The Labute approximate surface area is 120 Å². The summed E-state index contributed by atoms with van der Waals surface area (Å²) >= 11 is 0. The summed E-state index contributed by atoms with van der Waals surface area (Å²) in [5, 5.41) is 10.0. The summed E-state index contributed by atoms with van der Waals surface area (Å²) in [6, 6.07) is 10.8. The lowest BCUT2D eigenvalue weighted by atomic mass is 10.1. The van der Waals surface area contributed by atoms with Gasteiger partial charge in [-0.05, 0) is 36.4 Å². The Kier molecular flexibility index (Phi) is 2.96. The van der Waals surface area contributed by atoms with Crippen LogP contribution in [0.4, 0.5) is 4.39 Å². The van der Waals surface area contributed by atoms with Gasteiger partial charge in [-0.1, -0.05) is 12.0 Å². The number of terminal acetylenes is 1. The van der Waals surface area contributed by atoms with Crippen molar-refractivity contribution >= 4 is 16.9 Å². The van der Waals surface area contributed by atoms with E-state index in [0.29, 0.717) is 22.2 Å². The van der Waals surface area contributed by atoms with Crippen LogP contribution in [0.3, 0.4) is 0 Å². The number of benzene rings is 2. The predicted molar refractivity (Wildman–Crippen MR) is 78.1 cm³/mol. The third kappa shape index (κ3) is 2.05. The van der Waals surface area contributed by atoms with Crippen molar-refractivity contribution in [3.8, 4) is 18.0 Å². The van der Waals surface area contributed by atoms with Gasteiger partial charge in [-0.2, -0.15) is 0 Å². The minimum atomic E-state index is -1.06. The molecular formula is C17H10FNO2. The number of hydrogen-bond donors (Lipinski definition) is 1. The number of aromatic carboxylic acids is 1. The van der Waals surface area contributed by atoms with Gasteiger partial charge in [0, 0.05) is 17.1 Å². The van der Waals surface area contributed by atoms with Crippen molar-refractivity contribution in [3.63, 3.8) is 0 Å². The maximum absolute atomic E-state index is 13.3. The fourth-order valence-electron chi connectivity index (χ4n) is 2.40. The molecule has 1 aromatic heterocycles. The molecule has 0 bridgehead atoms. The lowest BCUT2D eigenvalue weighted by molar-refractivity contribution is 0.0697. The van der Waals surface area contributed by atoms with Gasteiger partial charge in [0.05, 0.1) is 16.8 Å². The van der Waals surface area contributed by atoms with E-state index in [2.05, 4.69) is 5.92 Å². The van der Waals surface area contributed by atoms with Gasteiger partial charge < -0.3 is 9.67 Å². The molecule has 3 aromatic rings. The van der Waals surface area contributed by atoms with Crippen LogP contribution in [-0.4, -0.2) is 15.6 Å². The van der Waals surface area contributed by atoms with E-state index < -0.39 is 5.97 Å². The molecule has 2 aromatic carbocycles. The van der Waals surface area contributed by atoms with E-state index in [-0.39, 0.29) is 11.4 Å². The van der Waals surface area contributed by atoms with Crippen molar-refractivity contribution in [1.29, 1.82) is 0 Å². The maximum atomic E-state index is 13.3. The highest BCUT2D eigenvalue weighted by atomic mass is 19.1. The zero-order valence-electron chi connectivity index (χ0n) is 10.9. The normalized spacial score (nSPS) is 10.5. The number of carboxylic acid groups (broad SMARTS) is 1. The average Bonchev–Trinajstić information content (AvgIpc) is 2.88. The van der Waals surface area contributed by atoms with Crippen molar-refractivity contribution in [2.24, 2.45) is 0 Å². The summed E-state index contributed by atoms with van der Waals surface area (Å²) < 4.78 is 14.9. The molecule has 0 aliphatic heterocycles. The molecule has 3 rings (SSSR count). The Morgan fingerprint density at radius 3 is 2.76 bits per heavy atom. The molecule has 0 saturated carbocycles. The molecule has 0 atom stereocenters. The number of carboxylic acids is 1. The van der Waals surface area contributed by atoms with Crippen LogP contribution in [0.25, 0.3) is 16.6 Å². The first-order valence-corrected chi connectivity index (χ1v) is 6.21.